The van der Waals surface area contributed by atoms with Crippen molar-refractivity contribution >= 4 is 5.97 Å². The van der Waals surface area contributed by atoms with Crippen LogP contribution >= 0.6 is 0 Å². The van der Waals surface area contributed by atoms with Gasteiger partial charge < -0.3 is 4.74 Å². The van der Waals surface area contributed by atoms with E-state index >= 15 is 0 Å². The molecule has 0 saturated carbocycles. The van der Waals surface area contributed by atoms with Gasteiger partial charge in [-0.05, 0) is 30.2 Å². The Bertz CT molecular complexity index is 451. The molecule has 1 N–H and O–H groups in total. The highest BCUT2D eigenvalue weighted by atomic mass is 19.1. The summed E-state index contributed by atoms with van der Waals surface area (Å²) in [7, 11) is 1.28. The lowest BCUT2D eigenvalue weighted by molar-refractivity contribution is -0.143. The molecular formula is C13H14FNO2. The fourth-order valence-electron chi connectivity index (χ4n) is 1.52. The number of methoxy groups -OCH3 is 1. The Morgan fingerprint density at radius 3 is 2.94 bits per heavy atom. The first-order chi connectivity index (χ1) is 8.10. The predicted octanol–water partition coefficient (Wildman–Crippen LogP) is 1.57. The zero-order valence-corrected chi connectivity index (χ0v) is 9.79. The van der Waals surface area contributed by atoms with Crippen molar-refractivity contribution in [3.05, 3.63) is 35.1 Å². The van der Waals surface area contributed by atoms with Gasteiger partial charge in [-0.25, -0.2) is 9.18 Å². The highest BCUT2D eigenvalue weighted by Gasteiger charge is 2.22. The third-order valence-electron chi connectivity index (χ3n) is 2.40. The molecule has 1 unspecified atom stereocenters. The number of hydrogen-bond donors (Lipinski definition) is 1. The van der Waals surface area contributed by atoms with Crippen molar-refractivity contribution in [3.63, 3.8) is 0 Å². The summed E-state index contributed by atoms with van der Waals surface area (Å²) in [4.78, 5) is 11.6. The molecule has 0 amide bonds. The lowest BCUT2D eigenvalue weighted by Gasteiger charge is -2.17. The molecule has 1 aromatic carbocycles. The van der Waals surface area contributed by atoms with Crippen LogP contribution in [-0.4, -0.2) is 19.6 Å². The molecule has 0 aliphatic heterocycles. The molecule has 0 saturated heterocycles. The van der Waals surface area contributed by atoms with E-state index in [9.17, 15) is 9.18 Å². The van der Waals surface area contributed by atoms with Crippen molar-refractivity contribution in [2.45, 2.75) is 13.0 Å². The lowest BCUT2D eigenvalue weighted by atomic mass is 10.0. The van der Waals surface area contributed by atoms with E-state index in [1.807, 2.05) is 0 Å². The Hall–Kier alpha value is -1.86. The van der Waals surface area contributed by atoms with Gasteiger partial charge in [-0.15, -0.1) is 6.42 Å². The monoisotopic (exact) mass is 235 g/mol. The van der Waals surface area contributed by atoms with E-state index in [4.69, 9.17) is 6.42 Å². The SMILES string of the molecule is C#CCNC(C(=O)OC)c1cc(F)ccc1C. The van der Waals surface area contributed by atoms with E-state index in [0.29, 0.717) is 5.56 Å². The van der Waals surface area contributed by atoms with Gasteiger partial charge >= 0.3 is 5.97 Å². The van der Waals surface area contributed by atoms with Crippen molar-refractivity contribution in [2.75, 3.05) is 13.7 Å². The zero-order chi connectivity index (χ0) is 12.8. The van der Waals surface area contributed by atoms with Gasteiger partial charge in [0.25, 0.3) is 0 Å². The van der Waals surface area contributed by atoms with Crippen LogP contribution in [0.2, 0.25) is 0 Å². The average molecular weight is 235 g/mol. The number of ether oxygens (including phenoxy) is 1. The number of halogens is 1. The predicted molar refractivity (Wildman–Crippen MR) is 62.7 cm³/mol. The second kappa shape index (κ2) is 6.02. The molecule has 0 aromatic heterocycles. The third kappa shape index (κ3) is 3.30. The highest BCUT2D eigenvalue weighted by Crippen LogP contribution is 2.20. The Morgan fingerprint density at radius 2 is 2.35 bits per heavy atom. The molecule has 0 bridgehead atoms. The smallest absolute Gasteiger partial charge is 0.327 e. The van der Waals surface area contributed by atoms with Crippen molar-refractivity contribution < 1.29 is 13.9 Å². The van der Waals surface area contributed by atoms with Crippen LogP contribution in [-0.2, 0) is 9.53 Å². The summed E-state index contributed by atoms with van der Waals surface area (Å²) >= 11 is 0. The highest BCUT2D eigenvalue weighted by molar-refractivity contribution is 5.78. The molecule has 1 atom stereocenters. The summed E-state index contributed by atoms with van der Waals surface area (Å²) in [6.45, 7) is 2.00. The van der Waals surface area contributed by atoms with Crippen molar-refractivity contribution in [1.29, 1.82) is 0 Å². The first-order valence-electron chi connectivity index (χ1n) is 5.11. The van der Waals surface area contributed by atoms with Crippen LogP contribution in [0.5, 0.6) is 0 Å². The minimum Gasteiger partial charge on any atom is -0.468 e. The van der Waals surface area contributed by atoms with Crippen molar-refractivity contribution in [1.82, 2.24) is 5.32 Å². The van der Waals surface area contributed by atoms with Crippen molar-refractivity contribution in [3.8, 4) is 12.3 Å². The molecule has 3 nitrogen and oxygen atoms in total. The van der Waals surface area contributed by atoms with Crippen molar-refractivity contribution in [2.24, 2.45) is 0 Å². The standard InChI is InChI=1S/C13H14FNO2/c1-4-7-15-12(13(16)17-3)11-8-10(14)6-5-9(11)2/h1,5-6,8,12,15H,7H2,2-3H3. The summed E-state index contributed by atoms with van der Waals surface area (Å²) in [5.41, 5.74) is 1.33. The van der Waals surface area contributed by atoms with Gasteiger partial charge in [0, 0.05) is 0 Å². The van der Waals surface area contributed by atoms with Gasteiger partial charge in [-0.2, -0.15) is 0 Å². The van der Waals surface area contributed by atoms with Gasteiger partial charge in [0.1, 0.15) is 11.9 Å². The second-order valence-corrected chi connectivity index (χ2v) is 3.54. The minimum atomic E-state index is -0.744. The quantitative estimate of drug-likeness (QED) is 0.636. The van der Waals surface area contributed by atoms with E-state index in [1.54, 1.807) is 13.0 Å². The molecule has 0 aliphatic carbocycles. The second-order valence-electron chi connectivity index (χ2n) is 3.54. The molecular weight excluding hydrogens is 221 g/mol. The maximum atomic E-state index is 13.2. The first kappa shape index (κ1) is 13.2. The van der Waals surface area contributed by atoms with Crippen LogP contribution in [0, 0.1) is 25.1 Å². The van der Waals surface area contributed by atoms with Crippen LogP contribution in [0.3, 0.4) is 0 Å². The van der Waals surface area contributed by atoms with Crippen LogP contribution in [0.15, 0.2) is 18.2 Å². The van der Waals surface area contributed by atoms with Crippen LogP contribution in [0.1, 0.15) is 17.2 Å². The van der Waals surface area contributed by atoms with Gasteiger partial charge in [0.15, 0.2) is 0 Å². The van der Waals surface area contributed by atoms with Gasteiger partial charge in [-0.1, -0.05) is 12.0 Å². The van der Waals surface area contributed by atoms with Crippen LogP contribution in [0.25, 0.3) is 0 Å². The maximum absolute atomic E-state index is 13.2. The molecule has 0 fully saturated rings. The number of esters is 1. The number of terminal acetylenes is 1. The lowest BCUT2D eigenvalue weighted by Crippen LogP contribution is -2.30. The van der Waals surface area contributed by atoms with E-state index in [1.165, 1.54) is 19.2 Å². The Labute approximate surface area is 100.0 Å². The number of benzene rings is 1. The summed E-state index contributed by atoms with van der Waals surface area (Å²) in [6.07, 6.45) is 5.13. The van der Waals surface area contributed by atoms with Crippen LogP contribution in [0.4, 0.5) is 4.39 Å². The molecule has 90 valence electrons. The summed E-state index contributed by atoms with van der Waals surface area (Å²) in [6, 6.07) is 3.51. The van der Waals surface area contributed by atoms with Gasteiger partial charge in [-0.3, -0.25) is 5.32 Å². The molecule has 1 aromatic rings. The molecule has 0 spiro atoms. The van der Waals surface area contributed by atoms with Gasteiger partial charge in [0.2, 0.25) is 0 Å². The average Bonchev–Trinajstić information content (AvgIpc) is 2.33. The molecule has 17 heavy (non-hydrogen) atoms. The zero-order valence-electron chi connectivity index (χ0n) is 9.79. The number of carbonyl (C=O) groups is 1. The number of carbonyl (C=O) groups excluding carboxylic acids is 1. The third-order valence-corrected chi connectivity index (χ3v) is 2.40. The van der Waals surface area contributed by atoms with E-state index in [2.05, 4.69) is 16.0 Å². The van der Waals surface area contributed by atoms with Crippen LogP contribution < -0.4 is 5.32 Å². The molecule has 0 heterocycles. The fourth-order valence-corrected chi connectivity index (χ4v) is 1.52. The normalized spacial score (nSPS) is 11.6. The largest absolute Gasteiger partial charge is 0.468 e. The number of rotatable bonds is 4. The molecule has 1 rings (SSSR count). The number of nitrogens with one attached hydrogen (secondary N) is 1. The summed E-state index contributed by atoms with van der Waals surface area (Å²) < 4.78 is 17.8. The van der Waals surface area contributed by atoms with E-state index < -0.39 is 17.8 Å². The summed E-state index contributed by atoms with van der Waals surface area (Å²) in [5.74, 6) is 1.48. The first-order valence-corrected chi connectivity index (χ1v) is 5.11. The Morgan fingerprint density at radius 1 is 1.65 bits per heavy atom. The topological polar surface area (TPSA) is 38.3 Å². The summed E-state index contributed by atoms with van der Waals surface area (Å²) in [5, 5.41) is 2.83. The number of hydrogen-bond acceptors (Lipinski definition) is 3. The molecule has 0 aliphatic rings. The Kier molecular flexibility index (Phi) is 4.68. The number of aryl methyl sites for hydroxylation is 1. The van der Waals surface area contributed by atoms with E-state index in [-0.39, 0.29) is 6.54 Å². The maximum Gasteiger partial charge on any atom is 0.327 e. The van der Waals surface area contributed by atoms with E-state index in [0.717, 1.165) is 5.56 Å². The molecule has 4 heteroatoms. The Balaban J connectivity index is 3.08. The minimum absolute atomic E-state index is 0.204. The fraction of sp³-hybridized carbons (Fsp3) is 0.308. The van der Waals surface area contributed by atoms with Gasteiger partial charge in [0.05, 0.1) is 13.7 Å². The molecule has 0 radical (unpaired) electrons.